The quantitative estimate of drug-likeness (QED) is 0.747. The van der Waals surface area contributed by atoms with Gasteiger partial charge in [0.25, 0.3) is 0 Å². The maximum absolute atomic E-state index is 13.3. The Morgan fingerprint density at radius 3 is 2.86 bits per heavy atom. The van der Waals surface area contributed by atoms with Gasteiger partial charge in [-0.25, -0.2) is 9.18 Å². The first-order valence-electron chi connectivity index (χ1n) is 4.00. The van der Waals surface area contributed by atoms with Crippen molar-refractivity contribution < 1.29 is 8.91 Å². The van der Waals surface area contributed by atoms with Crippen molar-refractivity contribution in [1.82, 2.24) is 10.1 Å². The summed E-state index contributed by atoms with van der Waals surface area (Å²) in [5.74, 6) is -1.01. The number of hydrogen-bond donors (Lipinski definition) is 1. The van der Waals surface area contributed by atoms with Gasteiger partial charge in [-0.1, -0.05) is 17.3 Å². The molecule has 0 atom stereocenters. The lowest BCUT2D eigenvalue weighted by Gasteiger charge is -2.01. The minimum absolute atomic E-state index is 0.116. The van der Waals surface area contributed by atoms with Crippen molar-refractivity contribution in [2.75, 3.05) is 0 Å². The molecule has 0 unspecified atom stereocenters. The summed E-state index contributed by atoms with van der Waals surface area (Å²) in [7, 11) is 0. The van der Waals surface area contributed by atoms with E-state index in [9.17, 15) is 9.18 Å². The number of nitrogens with zero attached hydrogens (tertiary/aromatic N) is 1. The van der Waals surface area contributed by atoms with E-state index in [1.807, 2.05) is 0 Å². The molecule has 0 radical (unpaired) electrons. The van der Waals surface area contributed by atoms with Crippen LogP contribution in [-0.4, -0.2) is 10.1 Å². The molecule has 0 bridgehead atoms. The van der Waals surface area contributed by atoms with E-state index in [1.165, 1.54) is 6.07 Å². The van der Waals surface area contributed by atoms with E-state index >= 15 is 0 Å². The highest BCUT2D eigenvalue weighted by atomic mass is 19.1. The van der Waals surface area contributed by atoms with Crippen molar-refractivity contribution in [3.63, 3.8) is 0 Å². The van der Waals surface area contributed by atoms with Crippen molar-refractivity contribution in [3.8, 4) is 11.4 Å². The van der Waals surface area contributed by atoms with Gasteiger partial charge in [0.1, 0.15) is 5.82 Å². The molecule has 1 aromatic heterocycles. The lowest BCUT2D eigenvalue weighted by molar-refractivity contribution is 0.387. The molecule has 0 aliphatic heterocycles. The van der Waals surface area contributed by atoms with Gasteiger partial charge in [-0.2, -0.15) is 0 Å². The van der Waals surface area contributed by atoms with Gasteiger partial charge < -0.3 is 0 Å². The Kier molecular flexibility index (Phi) is 1.92. The summed E-state index contributed by atoms with van der Waals surface area (Å²) in [4.78, 5) is 13.0. The number of H-pyrrole nitrogens is 1. The first-order chi connectivity index (χ1) is 6.68. The van der Waals surface area contributed by atoms with Crippen LogP contribution in [0.25, 0.3) is 11.4 Å². The molecule has 14 heavy (non-hydrogen) atoms. The van der Waals surface area contributed by atoms with Crippen molar-refractivity contribution in [2.45, 2.75) is 6.92 Å². The van der Waals surface area contributed by atoms with E-state index in [2.05, 4.69) is 14.7 Å². The molecule has 72 valence electrons. The number of rotatable bonds is 1. The minimum atomic E-state index is -0.692. The predicted octanol–water partition coefficient (Wildman–Crippen LogP) is 1.48. The van der Waals surface area contributed by atoms with Crippen LogP contribution in [0.15, 0.2) is 27.5 Å². The van der Waals surface area contributed by atoms with Gasteiger partial charge in [-0.05, 0) is 18.6 Å². The third-order valence-electron chi connectivity index (χ3n) is 1.90. The van der Waals surface area contributed by atoms with Crippen molar-refractivity contribution in [2.24, 2.45) is 0 Å². The van der Waals surface area contributed by atoms with Crippen LogP contribution >= 0.6 is 0 Å². The Balaban J connectivity index is 2.67. The number of benzene rings is 1. The Morgan fingerprint density at radius 2 is 2.29 bits per heavy atom. The topological polar surface area (TPSA) is 58.9 Å². The smallest absolute Gasteiger partial charge is 0.296 e. The second-order valence-corrected chi connectivity index (χ2v) is 2.88. The molecule has 0 spiro atoms. The second kappa shape index (κ2) is 3.10. The number of aryl methyl sites for hydroxylation is 1. The average Bonchev–Trinajstić information content (AvgIpc) is 2.51. The highest BCUT2D eigenvalue weighted by Gasteiger charge is 2.12. The maximum Gasteiger partial charge on any atom is 0.439 e. The predicted molar refractivity (Wildman–Crippen MR) is 47.3 cm³/mol. The second-order valence-electron chi connectivity index (χ2n) is 2.88. The van der Waals surface area contributed by atoms with Crippen LogP contribution in [0, 0.1) is 12.7 Å². The largest absolute Gasteiger partial charge is 0.439 e. The molecule has 0 amide bonds. The van der Waals surface area contributed by atoms with Crippen LogP contribution in [0.2, 0.25) is 0 Å². The van der Waals surface area contributed by atoms with Crippen molar-refractivity contribution in [1.29, 1.82) is 0 Å². The van der Waals surface area contributed by atoms with Crippen LogP contribution < -0.4 is 5.76 Å². The lowest BCUT2D eigenvalue weighted by atomic mass is 10.1. The summed E-state index contributed by atoms with van der Waals surface area (Å²) < 4.78 is 17.6. The standard InChI is InChI=1S/C9H7FN2O2/c1-5-3-2-4-6(10)7(5)8-11-9(13)14-12-8/h2-4H,1H3,(H,11,12,13). The minimum Gasteiger partial charge on any atom is -0.296 e. The van der Waals surface area contributed by atoms with Gasteiger partial charge in [-0.3, -0.25) is 9.51 Å². The Bertz CT molecular complexity index is 495. The zero-order valence-corrected chi connectivity index (χ0v) is 7.37. The van der Waals surface area contributed by atoms with E-state index in [1.54, 1.807) is 19.1 Å². The zero-order valence-electron chi connectivity index (χ0n) is 7.37. The molecule has 0 aliphatic carbocycles. The van der Waals surface area contributed by atoms with Crippen molar-refractivity contribution >= 4 is 0 Å². The highest BCUT2D eigenvalue weighted by molar-refractivity contribution is 5.59. The van der Waals surface area contributed by atoms with Gasteiger partial charge in [-0.15, -0.1) is 0 Å². The number of nitrogens with one attached hydrogen (secondary N) is 1. The van der Waals surface area contributed by atoms with Gasteiger partial charge >= 0.3 is 5.76 Å². The van der Waals surface area contributed by atoms with E-state index < -0.39 is 11.6 Å². The SMILES string of the molecule is Cc1cccc(F)c1-c1noc(=O)[nH]1. The fraction of sp³-hybridized carbons (Fsp3) is 0.111. The molecule has 2 rings (SSSR count). The first-order valence-corrected chi connectivity index (χ1v) is 4.00. The average molecular weight is 194 g/mol. The summed E-state index contributed by atoms with van der Waals surface area (Å²) in [5, 5.41) is 3.42. The Hall–Kier alpha value is -1.91. The number of aromatic amines is 1. The molecule has 2 aromatic rings. The van der Waals surface area contributed by atoms with Gasteiger partial charge in [0.15, 0.2) is 5.82 Å². The third kappa shape index (κ3) is 1.32. The zero-order chi connectivity index (χ0) is 10.1. The Morgan fingerprint density at radius 1 is 1.50 bits per heavy atom. The van der Waals surface area contributed by atoms with Crippen LogP contribution in [0.4, 0.5) is 4.39 Å². The highest BCUT2D eigenvalue weighted by Crippen LogP contribution is 2.21. The first kappa shape index (κ1) is 8.68. The number of hydrogen-bond acceptors (Lipinski definition) is 3. The Labute approximate surface area is 78.4 Å². The lowest BCUT2D eigenvalue weighted by Crippen LogP contribution is -1.96. The summed E-state index contributed by atoms with van der Waals surface area (Å²) in [6, 6.07) is 4.62. The summed E-state index contributed by atoms with van der Waals surface area (Å²) >= 11 is 0. The molecule has 5 heteroatoms. The molecule has 4 nitrogen and oxygen atoms in total. The van der Waals surface area contributed by atoms with Crippen molar-refractivity contribution in [3.05, 3.63) is 40.1 Å². The fourth-order valence-corrected chi connectivity index (χ4v) is 1.27. The molecular weight excluding hydrogens is 187 g/mol. The number of halogens is 1. The molecule has 0 saturated carbocycles. The van der Waals surface area contributed by atoms with Crippen LogP contribution in [0.3, 0.4) is 0 Å². The molecule has 0 fully saturated rings. The van der Waals surface area contributed by atoms with Gasteiger partial charge in [0.05, 0.1) is 5.56 Å². The van der Waals surface area contributed by atoms with E-state index in [4.69, 9.17) is 0 Å². The number of aromatic nitrogens is 2. The molecular formula is C9H7FN2O2. The maximum atomic E-state index is 13.3. The van der Waals surface area contributed by atoms with Crippen LogP contribution in [0.5, 0.6) is 0 Å². The fourth-order valence-electron chi connectivity index (χ4n) is 1.27. The molecule has 0 saturated heterocycles. The summed E-state index contributed by atoms with van der Waals surface area (Å²) in [6.07, 6.45) is 0. The molecule has 1 N–H and O–H groups in total. The van der Waals surface area contributed by atoms with E-state index in [0.29, 0.717) is 5.56 Å². The van der Waals surface area contributed by atoms with Gasteiger partial charge in [0.2, 0.25) is 0 Å². The summed E-state index contributed by atoms with van der Waals surface area (Å²) in [5.41, 5.74) is 0.952. The van der Waals surface area contributed by atoms with E-state index in [0.717, 1.165) is 0 Å². The third-order valence-corrected chi connectivity index (χ3v) is 1.90. The van der Waals surface area contributed by atoms with E-state index in [-0.39, 0.29) is 11.4 Å². The van der Waals surface area contributed by atoms with Crippen LogP contribution in [-0.2, 0) is 0 Å². The molecule has 1 heterocycles. The molecule has 1 aromatic carbocycles. The molecule has 0 aliphatic rings. The monoisotopic (exact) mass is 194 g/mol. The van der Waals surface area contributed by atoms with Crippen LogP contribution in [0.1, 0.15) is 5.56 Å². The normalized spacial score (nSPS) is 10.4. The summed E-state index contributed by atoms with van der Waals surface area (Å²) in [6.45, 7) is 1.73. The van der Waals surface area contributed by atoms with Gasteiger partial charge in [0, 0.05) is 0 Å².